The fourth-order valence-corrected chi connectivity index (χ4v) is 6.00. The molecule has 0 saturated carbocycles. The lowest BCUT2D eigenvalue weighted by molar-refractivity contribution is -0.137. The molecule has 0 radical (unpaired) electrons. The van der Waals surface area contributed by atoms with Gasteiger partial charge in [0.1, 0.15) is 0 Å². The number of carboxylic acids is 1. The zero-order valence-electron chi connectivity index (χ0n) is 19.9. The quantitative estimate of drug-likeness (QED) is 0.533. The highest BCUT2D eigenvalue weighted by molar-refractivity contribution is 7.14. The Hall–Kier alpha value is -1.92. The SMILES string of the molecule is CC1(C)CCC(C)(C)c2cc(-c3csc(N4CCC(NCCCC(=O)O)CC4)n3)ccc21. The van der Waals surface area contributed by atoms with Crippen LogP contribution in [0.15, 0.2) is 23.6 Å². The molecule has 6 heteroatoms. The summed E-state index contributed by atoms with van der Waals surface area (Å²) in [5.41, 5.74) is 5.73. The van der Waals surface area contributed by atoms with Crippen molar-refractivity contribution in [2.45, 2.75) is 83.1 Å². The summed E-state index contributed by atoms with van der Waals surface area (Å²) in [6.45, 7) is 12.3. The summed E-state index contributed by atoms with van der Waals surface area (Å²) in [5.74, 6) is -0.715. The first-order chi connectivity index (χ1) is 15.2. The maximum absolute atomic E-state index is 10.6. The number of benzene rings is 1. The van der Waals surface area contributed by atoms with E-state index in [1.54, 1.807) is 11.3 Å². The van der Waals surface area contributed by atoms with Crippen molar-refractivity contribution in [1.82, 2.24) is 10.3 Å². The standard InChI is InChI=1S/C26H37N3O2S/c1-25(2)11-12-26(3,4)21-16-18(7-8-20(21)25)22-17-32-24(28-22)29-14-9-19(10-15-29)27-13-5-6-23(30)31/h7-8,16-17,19,27H,5-6,9-15H2,1-4H3,(H,30,31). The smallest absolute Gasteiger partial charge is 0.303 e. The molecule has 2 aromatic rings. The van der Waals surface area contributed by atoms with Crippen molar-refractivity contribution in [3.05, 3.63) is 34.7 Å². The van der Waals surface area contributed by atoms with Gasteiger partial charge < -0.3 is 15.3 Å². The topological polar surface area (TPSA) is 65.5 Å². The lowest BCUT2D eigenvalue weighted by atomic mass is 9.63. The van der Waals surface area contributed by atoms with Gasteiger partial charge in [0.15, 0.2) is 5.13 Å². The Labute approximate surface area is 196 Å². The summed E-state index contributed by atoms with van der Waals surface area (Å²) >= 11 is 1.74. The second-order valence-electron chi connectivity index (χ2n) is 10.8. The minimum absolute atomic E-state index is 0.207. The van der Waals surface area contributed by atoms with Crippen LogP contribution >= 0.6 is 11.3 Å². The highest BCUT2D eigenvalue weighted by Gasteiger charge is 2.37. The van der Waals surface area contributed by atoms with Crippen molar-refractivity contribution in [3.8, 4) is 11.3 Å². The van der Waals surface area contributed by atoms with E-state index >= 15 is 0 Å². The molecule has 1 saturated heterocycles. The van der Waals surface area contributed by atoms with Crippen LogP contribution in [0.1, 0.15) is 77.3 Å². The number of nitrogens with zero attached hydrogens (tertiary/aromatic N) is 2. The monoisotopic (exact) mass is 455 g/mol. The number of rotatable bonds is 7. The molecule has 2 aliphatic rings. The maximum atomic E-state index is 10.6. The lowest BCUT2D eigenvalue weighted by Gasteiger charge is -2.42. The van der Waals surface area contributed by atoms with Gasteiger partial charge in [0.2, 0.25) is 0 Å². The molecule has 2 heterocycles. The number of hydrogen-bond acceptors (Lipinski definition) is 5. The Balaban J connectivity index is 1.40. The van der Waals surface area contributed by atoms with E-state index in [0.29, 0.717) is 12.5 Å². The average molecular weight is 456 g/mol. The average Bonchev–Trinajstić information content (AvgIpc) is 3.25. The number of thiazole rings is 1. The zero-order chi connectivity index (χ0) is 22.9. The van der Waals surface area contributed by atoms with E-state index in [2.05, 4.69) is 61.5 Å². The Bertz CT molecular complexity index is 958. The molecule has 1 aromatic heterocycles. The predicted octanol–water partition coefficient (Wildman–Crippen LogP) is 5.58. The molecule has 1 aliphatic carbocycles. The van der Waals surface area contributed by atoms with Crippen LogP contribution in [0, 0.1) is 0 Å². The second kappa shape index (κ2) is 9.14. The molecular weight excluding hydrogens is 418 g/mol. The third kappa shape index (κ3) is 5.01. The molecule has 2 N–H and O–H groups in total. The molecule has 4 rings (SSSR count). The minimum atomic E-state index is -0.715. The zero-order valence-corrected chi connectivity index (χ0v) is 20.7. The maximum Gasteiger partial charge on any atom is 0.303 e. The van der Waals surface area contributed by atoms with Crippen molar-refractivity contribution in [3.63, 3.8) is 0 Å². The van der Waals surface area contributed by atoms with Crippen molar-refractivity contribution < 1.29 is 9.90 Å². The summed E-state index contributed by atoms with van der Waals surface area (Å²) in [6, 6.07) is 7.47. The highest BCUT2D eigenvalue weighted by Crippen LogP contribution is 2.47. The molecule has 0 atom stereocenters. The van der Waals surface area contributed by atoms with Gasteiger partial charge in [-0.3, -0.25) is 4.79 Å². The number of piperidine rings is 1. The minimum Gasteiger partial charge on any atom is -0.481 e. The van der Waals surface area contributed by atoms with Gasteiger partial charge in [-0.1, -0.05) is 39.8 Å². The van der Waals surface area contributed by atoms with E-state index in [4.69, 9.17) is 10.1 Å². The van der Waals surface area contributed by atoms with E-state index in [9.17, 15) is 4.79 Å². The predicted molar refractivity (Wildman–Crippen MR) is 133 cm³/mol. The van der Waals surface area contributed by atoms with Gasteiger partial charge in [0, 0.05) is 36.5 Å². The number of carboxylic acid groups (broad SMARTS) is 1. The summed E-state index contributed by atoms with van der Waals surface area (Å²) in [6.07, 6.45) is 5.54. The van der Waals surface area contributed by atoms with Crippen LogP contribution in [0.3, 0.4) is 0 Å². The molecular formula is C26H37N3O2S. The number of nitrogens with one attached hydrogen (secondary N) is 1. The van der Waals surface area contributed by atoms with E-state index in [1.807, 2.05) is 0 Å². The molecule has 1 fully saturated rings. The number of anilines is 1. The number of aliphatic carboxylic acids is 1. The van der Waals surface area contributed by atoms with Gasteiger partial charge in [-0.05, 0) is 66.7 Å². The Morgan fingerprint density at radius 2 is 1.84 bits per heavy atom. The van der Waals surface area contributed by atoms with E-state index < -0.39 is 5.97 Å². The molecule has 0 amide bonds. The summed E-state index contributed by atoms with van der Waals surface area (Å²) in [5, 5.41) is 15.6. The van der Waals surface area contributed by atoms with Crippen LogP contribution in [0.5, 0.6) is 0 Å². The van der Waals surface area contributed by atoms with Gasteiger partial charge in [-0.25, -0.2) is 4.98 Å². The van der Waals surface area contributed by atoms with Crippen LogP contribution < -0.4 is 10.2 Å². The summed E-state index contributed by atoms with van der Waals surface area (Å²) in [4.78, 5) is 18.1. The van der Waals surface area contributed by atoms with Crippen LogP contribution in [-0.4, -0.2) is 41.7 Å². The van der Waals surface area contributed by atoms with E-state index in [0.717, 1.165) is 43.3 Å². The molecule has 0 bridgehead atoms. The van der Waals surface area contributed by atoms with E-state index in [-0.39, 0.29) is 17.3 Å². The van der Waals surface area contributed by atoms with Crippen LogP contribution in [0.4, 0.5) is 5.13 Å². The number of hydrogen-bond donors (Lipinski definition) is 2. The Kier molecular flexibility index (Phi) is 6.64. The molecule has 32 heavy (non-hydrogen) atoms. The summed E-state index contributed by atoms with van der Waals surface area (Å²) < 4.78 is 0. The first kappa shape index (κ1) is 23.2. The molecule has 174 valence electrons. The van der Waals surface area contributed by atoms with Gasteiger partial charge in [-0.2, -0.15) is 0 Å². The van der Waals surface area contributed by atoms with Crippen molar-refractivity contribution >= 4 is 22.4 Å². The van der Waals surface area contributed by atoms with E-state index in [1.165, 1.54) is 29.5 Å². The Morgan fingerprint density at radius 3 is 2.53 bits per heavy atom. The molecule has 5 nitrogen and oxygen atoms in total. The normalized spacial score (nSPS) is 20.2. The molecule has 0 unspecified atom stereocenters. The van der Waals surface area contributed by atoms with Gasteiger partial charge in [0.05, 0.1) is 5.69 Å². The lowest BCUT2D eigenvalue weighted by Crippen LogP contribution is -2.42. The van der Waals surface area contributed by atoms with Crippen molar-refractivity contribution in [1.29, 1.82) is 0 Å². The van der Waals surface area contributed by atoms with Crippen LogP contribution in [0.25, 0.3) is 11.3 Å². The Morgan fingerprint density at radius 1 is 1.16 bits per heavy atom. The molecule has 0 spiro atoms. The van der Waals surface area contributed by atoms with Crippen LogP contribution in [0.2, 0.25) is 0 Å². The van der Waals surface area contributed by atoms with Gasteiger partial charge in [-0.15, -0.1) is 11.3 Å². The fraction of sp³-hybridized carbons (Fsp3) is 0.615. The van der Waals surface area contributed by atoms with Crippen LogP contribution in [-0.2, 0) is 15.6 Å². The van der Waals surface area contributed by atoms with Crippen molar-refractivity contribution in [2.24, 2.45) is 0 Å². The van der Waals surface area contributed by atoms with Crippen molar-refractivity contribution in [2.75, 3.05) is 24.5 Å². The van der Waals surface area contributed by atoms with Gasteiger partial charge in [0.25, 0.3) is 0 Å². The second-order valence-corrected chi connectivity index (χ2v) is 11.6. The third-order valence-electron chi connectivity index (χ3n) is 7.41. The number of aromatic nitrogens is 1. The first-order valence-corrected chi connectivity index (χ1v) is 12.8. The van der Waals surface area contributed by atoms with Gasteiger partial charge >= 0.3 is 5.97 Å². The summed E-state index contributed by atoms with van der Waals surface area (Å²) in [7, 11) is 0. The molecule has 1 aliphatic heterocycles. The third-order valence-corrected chi connectivity index (χ3v) is 8.31. The number of fused-ring (bicyclic) bond motifs is 1. The largest absolute Gasteiger partial charge is 0.481 e. The first-order valence-electron chi connectivity index (χ1n) is 12.0. The molecule has 1 aromatic carbocycles. The number of carbonyl (C=O) groups is 1. The highest BCUT2D eigenvalue weighted by atomic mass is 32.1. The fourth-order valence-electron chi connectivity index (χ4n) is 5.11.